The topological polar surface area (TPSA) is 49.9 Å². The number of carbonyl (C=O) groups excluding carboxylic acids is 2. The van der Waals surface area contributed by atoms with E-state index in [-0.39, 0.29) is 24.3 Å². The zero-order chi connectivity index (χ0) is 21.3. The number of amides is 2. The van der Waals surface area contributed by atoms with E-state index in [9.17, 15) is 9.59 Å². The van der Waals surface area contributed by atoms with Gasteiger partial charge in [-0.1, -0.05) is 54.6 Å². The summed E-state index contributed by atoms with van der Waals surface area (Å²) in [6.45, 7) is 2.24. The molecule has 31 heavy (non-hydrogen) atoms. The van der Waals surface area contributed by atoms with Crippen LogP contribution in [-0.4, -0.2) is 53.5 Å². The lowest BCUT2D eigenvalue weighted by molar-refractivity contribution is -0.160. The molecule has 0 radical (unpaired) electrons. The van der Waals surface area contributed by atoms with E-state index in [1.54, 1.807) is 16.2 Å². The minimum Gasteiger partial charge on any atom is -0.361 e. The molecule has 5 rings (SSSR count). The van der Waals surface area contributed by atoms with Crippen LogP contribution in [0.15, 0.2) is 78.2 Å². The molecule has 3 aromatic rings. The van der Waals surface area contributed by atoms with Crippen molar-refractivity contribution in [1.29, 1.82) is 0 Å². The summed E-state index contributed by atoms with van der Waals surface area (Å²) in [5.74, 6) is -0.215. The Kier molecular flexibility index (Phi) is 5.34. The molecule has 0 bridgehead atoms. The van der Waals surface area contributed by atoms with Gasteiger partial charge in [-0.3, -0.25) is 9.59 Å². The number of thiophene rings is 1. The maximum Gasteiger partial charge on any atom is 0.257 e. The fourth-order valence-corrected chi connectivity index (χ4v) is 5.40. The molecule has 2 aliphatic heterocycles. The summed E-state index contributed by atoms with van der Waals surface area (Å²) in [6.07, 6.45) is 0. The van der Waals surface area contributed by atoms with Crippen LogP contribution in [0.25, 0.3) is 0 Å². The van der Waals surface area contributed by atoms with Crippen LogP contribution in [0.2, 0.25) is 0 Å². The molecule has 0 aliphatic carbocycles. The van der Waals surface area contributed by atoms with Crippen molar-refractivity contribution in [2.75, 3.05) is 26.2 Å². The second kappa shape index (κ2) is 8.29. The Balaban J connectivity index is 1.48. The number of ether oxygens (including phenoxy) is 1. The van der Waals surface area contributed by atoms with Crippen LogP contribution in [-0.2, 0) is 16.1 Å². The van der Waals surface area contributed by atoms with Gasteiger partial charge in [-0.25, -0.2) is 0 Å². The quantitative estimate of drug-likeness (QED) is 0.630. The van der Waals surface area contributed by atoms with Gasteiger partial charge in [0.2, 0.25) is 0 Å². The predicted octanol–water partition coefficient (Wildman–Crippen LogP) is 3.79. The first-order valence-corrected chi connectivity index (χ1v) is 11.4. The standard InChI is InChI=1S/C25H24N2O3S/c28-23(20-10-5-2-6-11-20)26-13-14-30-25(18-26)22(19-8-3-1-4-9-19)17-27(24(25)29)16-21-12-7-15-31-21/h1-12,15,22H,13-14,16-18H2/t22-,25+/m0/s1. The average Bonchev–Trinajstić information content (AvgIpc) is 3.43. The number of carbonyl (C=O) groups is 2. The van der Waals surface area contributed by atoms with E-state index in [0.717, 1.165) is 10.4 Å². The van der Waals surface area contributed by atoms with Crippen molar-refractivity contribution in [1.82, 2.24) is 9.80 Å². The van der Waals surface area contributed by atoms with Gasteiger partial charge in [0, 0.05) is 29.4 Å². The zero-order valence-corrected chi connectivity index (χ0v) is 18.0. The normalized spacial score (nSPS) is 23.5. The molecule has 2 amide bonds. The fraction of sp³-hybridized carbons (Fsp3) is 0.280. The number of benzene rings is 2. The Labute approximate surface area is 185 Å². The van der Waals surface area contributed by atoms with Crippen molar-refractivity contribution < 1.29 is 14.3 Å². The van der Waals surface area contributed by atoms with Crippen LogP contribution in [0, 0.1) is 0 Å². The van der Waals surface area contributed by atoms with Crippen molar-refractivity contribution in [3.63, 3.8) is 0 Å². The first kappa shape index (κ1) is 20.0. The Bertz CT molecular complexity index is 1050. The Hall–Kier alpha value is -2.96. The van der Waals surface area contributed by atoms with Gasteiger partial charge in [-0.15, -0.1) is 11.3 Å². The van der Waals surface area contributed by atoms with Crippen LogP contribution in [0.1, 0.15) is 26.7 Å². The molecule has 158 valence electrons. The predicted molar refractivity (Wildman–Crippen MR) is 120 cm³/mol. The maximum absolute atomic E-state index is 13.8. The molecule has 1 spiro atoms. The number of morpholine rings is 1. The SMILES string of the molecule is O=C(c1ccccc1)N1CCO[C@@]2(C1)C(=O)N(Cc1cccs1)C[C@H]2c1ccccc1. The molecule has 5 nitrogen and oxygen atoms in total. The summed E-state index contributed by atoms with van der Waals surface area (Å²) in [5.41, 5.74) is 0.650. The lowest BCUT2D eigenvalue weighted by Gasteiger charge is -2.42. The number of hydrogen-bond acceptors (Lipinski definition) is 4. The summed E-state index contributed by atoms with van der Waals surface area (Å²) in [5, 5.41) is 2.03. The van der Waals surface area contributed by atoms with Crippen molar-refractivity contribution in [2.24, 2.45) is 0 Å². The highest BCUT2D eigenvalue weighted by atomic mass is 32.1. The highest BCUT2D eigenvalue weighted by Gasteiger charge is 2.58. The molecule has 2 saturated heterocycles. The summed E-state index contributed by atoms with van der Waals surface area (Å²) >= 11 is 1.65. The largest absolute Gasteiger partial charge is 0.361 e. The van der Waals surface area contributed by atoms with Crippen LogP contribution >= 0.6 is 11.3 Å². The molecule has 1 aromatic heterocycles. The van der Waals surface area contributed by atoms with E-state index >= 15 is 0 Å². The van der Waals surface area contributed by atoms with Gasteiger partial charge in [-0.2, -0.15) is 0 Å². The van der Waals surface area contributed by atoms with E-state index in [2.05, 4.69) is 12.1 Å². The molecular formula is C25H24N2O3S. The van der Waals surface area contributed by atoms with Gasteiger partial charge in [0.15, 0.2) is 5.60 Å². The molecule has 3 heterocycles. The van der Waals surface area contributed by atoms with Gasteiger partial charge < -0.3 is 14.5 Å². The third kappa shape index (κ3) is 3.66. The van der Waals surface area contributed by atoms with E-state index in [1.807, 2.05) is 70.9 Å². The van der Waals surface area contributed by atoms with Crippen molar-refractivity contribution >= 4 is 23.2 Å². The summed E-state index contributed by atoms with van der Waals surface area (Å²) in [7, 11) is 0. The molecule has 2 aromatic carbocycles. The van der Waals surface area contributed by atoms with E-state index < -0.39 is 5.60 Å². The lowest BCUT2D eigenvalue weighted by atomic mass is 9.83. The van der Waals surface area contributed by atoms with E-state index in [1.165, 1.54) is 0 Å². The van der Waals surface area contributed by atoms with Gasteiger partial charge in [0.05, 0.1) is 19.7 Å². The minimum absolute atomic E-state index is 0.0275. The minimum atomic E-state index is -1.05. The van der Waals surface area contributed by atoms with Gasteiger partial charge in [0.1, 0.15) is 0 Å². The zero-order valence-electron chi connectivity index (χ0n) is 17.1. The summed E-state index contributed by atoms with van der Waals surface area (Å²) in [6, 6.07) is 23.4. The van der Waals surface area contributed by atoms with Gasteiger partial charge in [-0.05, 0) is 29.1 Å². The molecule has 2 fully saturated rings. The highest BCUT2D eigenvalue weighted by Crippen LogP contribution is 2.43. The average molecular weight is 433 g/mol. The number of hydrogen-bond donors (Lipinski definition) is 0. The van der Waals surface area contributed by atoms with Gasteiger partial charge >= 0.3 is 0 Å². The maximum atomic E-state index is 13.8. The third-order valence-corrected chi connectivity index (χ3v) is 7.06. The first-order chi connectivity index (χ1) is 15.2. The molecular weight excluding hydrogens is 408 g/mol. The number of rotatable bonds is 4. The van der Waals surface area contributed by atoms with Crippen molar-refractivity contribution in [3.05, 3.63) is 94.2 Å². The second-order valence-corrected chi connectivity index (χ2v) is 9.09. The Morgan fingerprint density at radius 1 is 1.03 bits per heavy atom. The third-order valence-electron chi connectivity index (χ3n) is 6.20. The number of likely N-dealkylation sites (tertiary alicyclic amines) is 1. The van der Waals surface area contributed by atoms with Gasteiger partial charge in [0.25, 0.3) is 11.8 Å². The Morgan fingerprint density at radius 2 is 1.77 bits per heavy atom. The number of nitrogens with zero attached hydrogens (tertiary/aromatic N) is 2. The first-order valence-electron chi connectivity index (χ1n) is 10.5. The van der Waals surface area contributed by atoms with Crippen LogP contribution in [0.3, 0.4) is 0 Å². The fourth-order valence-electron chi connectivity index (χ4n) is 4.68. The van der Waals surface area contributed by atoms with Crippen LogP contribution < -0.4 is 0 Å². The van der Waals surface area contributed by atoms with Crippen LogP contribution in [0.4, 0.5) is 0 Å². The molecule has 2 atom stereocenters. The van der Waals surface area contributed by atoms with E-state index in [0.29, 0.717) is 31.8 Å². The van der Waals surface area contributed by atoms with Crippen LogP contribution in [0.5, 0.6) is 0 Å². The van der Waals surface area contributed by atoms with Crippen molar-refractivity contribution in [3.8, 4) is 0 Å². The Morgan fingerprint density at radius 3 is 2.48 bits per heavy atom. The molecule has 0 N–H and O–H groups in total. The smallest absolute Gasteiger partial charge is 0.257 e. The molecule has 6 heteroatoms. The summed E-state index contributed by atoms with van der Waals surface area (Å²) < 4.78 is 6.29. The second-order valence-electron chi connectivity index (χ2n) is 8.06. The molecule has 0 unspecified atom stereocenters. The highest BCUT2D eigenvalue weighted by molar-refractivity contribution is 7.09. The summed E-state index contributed by atoms with van der Waals surface area (Å²) in [4.78, 5) is 31.8. The molecule has 0 saturated carbocycles. The lowest BCUT2D eigenvalue weighted by Crippen LogP contribution is -2.59. The molecule has 2 aliphatic rings. The van der Waals surface area contributed by atoms with Crippen molar-refractivity contribution in [2.45, 2.75) is 18.1 Å². The van der Waals surface area contributed by atoms with E-state index in [4.69, 9.17) is 4.74 Å². The monoisotopic (exact) mass is 432 g/mol.